The minimum atomic E-state index is -0.661. The number of nitrogens with one attached hydrogen (secondary N) is 2. The molecule has 0 fully saturated rings. The third-order valence-electron chi connectivity index (χ3n) is 6.92. The fourth-order valence-electron chi connectivity index (χ4n) is 4.36. The molecule has 1 aromatic heterocycles. The summed E-state index contributed by atoms with van der Waals surface area (Å²) in [5.41, 5.74) is 27.6. The quantitative estimate of drug-likeness (QED) is 0.0835. The van der Waals surface area contributed by atoms with Crippen LogP contribution in [0.4, 0.5) is 11.6 Å². The van der Waals surface area contributed by atoms with Gasteiger partial charge in [-0.2, -0.15) is 0 Å². The van der Waals surface area contributed by atoms with Crippen molar-refractivity contribution in [1.29, 1.82) is 0 Å². The van der Waals surface area contributed by atoms with Crippen molar-refractivity contribution in [2.45, 2.75) is 44.6 Å². The van der Waals surface area contributed by atoms with Crippen LogP contribution in [0.25, 0.3) is 11.1 Å². The van der Waals surface area contributed by atoms with Gasteiger partial charge in [0.05, 0.1) is 6.04 Å². The van der Waals surface area contributed by atoms with Gasteiger partial charge in [0, 0.05) is 13.1 Å². The smallest absolute Gasteiger partial charge is 0.280 e. The predicted molar refractivity (Wildman–Crippen MR) is 177 cm³/mol. The molecule has 0 saturated heterocycles. The van der Waals surface area contributed by atoms with Crippen LogP contribution < -0.4 is 33.6 Å². The van der Waals surface area contributed by atoms with E-state index in [-0.39, 0.29) is 34.3 Å². The van der Waals surface area contributed by atoms with Gasteiger partial charge >= 0.3 is 0 Å². The van der Waals surface area contributed by atoms with E-state index in [0.717, 1.165) is 49.8 Å². The molecule has 0 radical (unpaired) electrons. The normalized spacial score (nSPS) is 12.2. The highest BCUT2D eigenvalue weighted by atomic mass is 35.5. The standard InChI is InChI=1S/C31H43ClN10O2/c1-42(2)19-16-24(33)29(43)37-18-5-7-21-10-14-23(15-11-21)22-12-8-20(9-13-22)6-3-4-17-38-31(36)41-30(44)25-27(34)40-28(35)26(32)39-25/h8-15,24H,3-7,16-19,33H2,1-2H3,(H,37,43)(H4,34,35,40)(H3,36,38,41,44)/t24-/m0/s1. The number of unbranched alkanes of at least 4 members (excludes halogenated alkanes) is 1. The highest BCUT2D eigenvalue weighted by molar-refractivity contribution is 6.31. The van der Waals surface area contributed by atoms with Gasteiger partial charge in [-0.3, -0.25) is 19.9 Å². The van der Waals surface area contributed by atoms with Crippen molar-refractivity contribution in [1.82, 2.24) is 25.5 Å². The molecular weight excluding hydrogens is 580 g/mol. The van der Waals surface area contributed by atoms with Crippen LogP contribution in [0.15, 0.2) is 53.5 Å². The summed E-state index contributed by atoms with van der Waals surface area (Å²) in [5.74, 6) is -0.996. The summed E-state index contributed by atoms with van der Waals surface area (Å²) in [6.07, 6.45) is 4.99. The number of anilines is 2. The maximum Gasteiger partial charge on any atom is 0.280 e. The lowest BCUT2D eigenvalue weighted by Crippen LogP contribution is -2.42. The second kappa shape index (κ2) is 17.1. The maximum absolute atomic E-state index is 12.3. The average molecular weight is 623 g/mol. The highest BCUT2D eigenvalue weighted by Crippen LogP contribution is 2.22. The van der Waals surface area contributed by atoms with Gasteiger partial charge in [0.1, 0.15) is 0 Å². The molecule has 12 nitrogen and oxygen atoms in total. The van der Waals surface area contributed by atoms with Crippen molar-refractivity contribution >= 4 is 41.0 Å². The molecule has 0 aliphatic rings. The molecule has 0 unspecified atom stereocenters. The van der Waals surface area contributed by atoms with Gasteiger partial charge in [0.2, 0.25) is 5.91 Å². The van der Waals surface area contributed by atoms with Crippen molar-refractivity contribution in [3.63, 3.8) is 0 Å². The molecule has 2 aromatic carbocycles. The zero-order valence-corrected chi connectivity index (χ0v) is 26.1. The van der Waals surface area contributed by atoms with E-state index in [1.165, 1.54) is 11.1 Å². The van der Waals surface area contributed by atoms with E-state index in [9.17, 15) is 9.59 Å². The summed E-state index contributed by atoms with van der Waals surface area (Å²) < 4.78 is 0. The Bertz CT molecular complexity index is 1410. The van der Waals surface area contributed by atoms with E-state index in [0.29, 0.717) is 19.5 Å². The monoisotopic (exact) mass is 622 g/mol. The Morgan fingerprint density at radius 1 is 0.909 bits per heavy atom. The number of carbonyl (C=O) groups excluding carboxylic acids is 2. The van der Waals surface area contributed by atoms with E-state index in [1.807, 2.05) is 19.0 Å². The van der Waals surface area contributed by atoms with Crippen LogP contribution in [0.1, 0.15) is 47.3 Å². The van der Waals surface area contributed by atoms with Crippen LogP contribution in [0, 0.1) is 0 Å². The number of amides is 2. The Morgan fingerprint density at radius 3 is 2.09 bits per heavy atom. The third kappa shape index (κ3) is 11.1. The van der Waals surface area contributed by atoms with Crippen molar-refractivity contribution in [3.8, 4) is 11.1 Å². The van der Waals surface area contributed by atoms with Crippen molar-refractivity contribution < 1.29 is 9.59 Å². The number of halogens is 1. The Kier molecular flexibility index (Phi) is 13.3. The van der Waals surface area contributed by atoms with E-state index >= 15 is 0 Å². The number of aryl methyl sites for hydroxylation is 2. The van der Waals surface area contributed by atoms with Crippen LogP contribution in [0.2, 0.25) is 5.15 Å². The Labute approximate surface area is 263 Å². The molecule has 1 atom stereocenters. The van der Waals surface area contributed by atoms with Gasteiger partial charge < -0.3 is 33.2 Å². The number of hydrogen-bond acceptors (Lipinski definition) is 9. The number of nitrogens with zero attached hydrogens (tertiary/aromatic N) is 4. The fourth-order valence-corrected chi connectivity index (χ4v) is 4.48. The van der Waals surface area contributed by atoms with Crippen LogP contribution >= 0.6 is 11.6 Å². The number of aliphatic imine (C=N–C) groups is 1. The Morgan fingerprint density at radius 2 is 1.50 bits per heavy atom. The number of hydrogen-bond donors (Lipinski definition) is 6. The molecule has 0 aliphatic carbocycles. The lowest BCUT2D eigenvalue weighted by Gasteiger charge is -2.15. The second-order valence-electron chi connectivity index (χ2n) is 10.8. The van der Waals surface area contributed by atoms with Crippen LogP contribution in [0.5, 0.6) is 0 Å². The molecule has 1 heterocycles. The summed E-state index contributed by atoms with van der Waals surface area (Å²) in [4.78, 5) is 38.3. The molecule has 236 valence electrons. The van der Waals surface area contributed by atoms with E-state index in [2.05, 4.69) is 74.1 Å². The summed E-state index contributed by atoms with van der Waals surface area (Å²) >= 11 is 5.82. The number of nitrogen functional groups attached to an aromatic ring is 2. The first-order valence-electron chi connectivity index (χ1n) is 14.6. The lowest BCUT2D eigenvalue weighted by atomic mass is 9.99. The third-order valence-corrected chi connectivity index (χ3v) is 7.20. The first-order chi connectivity index (χ1) is 21.0. The molecule has 0 spiro atoms. The van der Waals surface area contributed by atoms with Gasteiger partial charge in [-0.15, -0.1) is 0 Å². The molecule has 0 bridgehead atoms. The van der Waals surface area contributed by atoms with E-state index in [1.54, 1.807) is 0 Å². The van der Waals surface area contributed by atoms with Crippen molar-refractivity contribution in [2.24, 2.45) is 16.5 Å². The van der Waals surface area contributed by atoms with Gasteiger partial charge in [-0.25, -0.2) is 9.97 Å². The topological polar surface area (TPSA) is 204 Å². The number of aromatic nitrogens is 2. The summed E-state index contributed by atoms with van der Waals surface area (Å²) in [6, 6.07) is 16.6. The number of rotatable bonds is 15. The Balaban J connectivity index is 1.35. The number of benzene rings is 2. The lowest BCUT2D eigenvalue weighted by molar-refractivity contribution is -0.122. The minimum absolute atomic E-state index is 0.0396. The summed E-state index contributed by atoms with van der Waals surface area (Å²) in [6.45, 7) is 1.85. The fraction of sp³-hybridized carbons (Fsp3) is 0.387. The molecule has 3 rings (SSSR count). The molecule has 44 heavy (non-hydrogen) atoms. The summed E-state index contributed by atoms with van der Waals surface area (Å²) in [5, 5.41) is 5.25. The van der Waals surface area contributed by atoms with Crippen LogP contribution in [0.3, 0.4) is 0 Å². The number of guanidine groups is 1. The zero-order chi connectivity index (χ0) is 32.1. The molecular formula is C31H43ClN10O2. The maximum atomic E-state index is 12.3. The molecule has 0 aliphatic heterocycles. The second-order valence-corrected chi connectivity index (χ2v) is 11.2. The van der Waals surface area contributed by atoms with Crippen molar-refractivity contribution in [2.75, 3.05) is 45.2 Å². The number of nitrogens with two attached hydrogens (primary N) is 4. The molecule has 0 saturated carbocycles. The zero-order valence-electron chi connectivity index (χ0n) is 25.4. The summed E-state index contributed by atoms with van der Waals surface area (Å²) in [7, 11) is 3.93. The van der Waals surface area contributed by atoms with Gasteiger partial charge in [0.25, 0.3) is 5.91 Å². The predicted octanol–water partition coefficient (Wildman–Crippen LogP) is 2.36. The SMILES string of the molecule is CN(C)CC[C@H](N)C(=O)NCCCc1ccc(-c2ccc(CCCCN=C(N)NC(=O)c3nc(Cl)c(N)nc3N)cc2)cc1. The molecule has 13 heteroatoms. The minimum Gasteiger partial charge on any atom is -0.382 e. The Hall–Kier alpha value is -4.26. The van der Waals surface area contributed by atoms with E-state index in [4.69, 9.17) is 34.5 Å². The van der Waals surface area contributed by atoms with Gasteiger partial charge in [-0.05, 0) is 81.4 Å². The van der Waals surface area contributed by atoms with Crippen LogP contribution in [-0.4, -0.2) is 72.4 Å². The number of carbonyl (C=O) groups is 2. The largest absolute Gasteiger partial charge is 0.382 e. The van der Waals surface area contributed by atoms with E-state index < -0.39 is 11.9 Å². The first kappa shape index (κ1) is 34.2. The highest BCUT2D eigenvalue weighted by Gasteiger charge is 2.16. The van der Waals surface area contributed by atoms with Gasteiger partial charge in [0.15, 0.2) is 28.4 Å². The first-order valence-corrected chi connectivity index (χ1v) is 15.0. The molecule has 3 aromatic rings. The van der Waals surface area contributed by atoms with Crippen LogP contribution in [-0.2, 0) is 17.6 Å². The van der Waals surface area contributed by atoms with Gasteiger partial charge in [-0.1, -0.05) is 60.1 Å². The molecule has 10 N–H and O–H groups in total. The van der Waals surface area contributed by atoms with Crippen molar-refractivity contribution in [3.05, 3.63) is 70.5 Å². The average Bonchev–Trinajstić information content (AvgIpc) is 3.00. The molecule has 2 amide bonds.